The Hall–Kier alpha value is -1.66. The van der Waals surface area contributed by atoms with Crippen molar-refractivity contribution < 1.29 is 22.5 Å². The monoisotopic (exact) mass is 274 g/mol. The summed E-state index contributed by atoms with van der Waals surface area (Å²) in [6.07, 6.45) is 0. The van der Waals surface area contributed by atoms with Crippen molar-refractivity contribution in [3.8, 4) is 0 Å². The minimum atomic E-state index is -5.22. The number of carbonyl (C=O) groups is 1. The molecule has 19 heavy (non-hydrogen) atoms. The first-order chi connectivity index (χ1) is 8.42. The van der Waals surface area contributed by atoms with E-state index in [1.165, 1.54) is 13.0 Å². The smallest absolute Gasteiger partial charge is 0.456 e. The van der Waals surface area contributed by atoms with Crippen molar-refractivity contribution in [2.75, 3.05) is 5.73 Å². The second-order valence-electron chi connectivity index (χ2n) is 5.36. The first-order valence-electron chi connectivity index (χ1n) is 5.75. The molecule has 0 spiro atoms. The van der Waals surface area contributed by atoms with Crippen LogP contribution in [-0.2, 0) is 4.74 Å². The van der Waals surface area contributed by atoms with E-state index in [0.717, 1.165) is 6.07 Å². The maximum absolute atomic E-state index is 12.9. The molecule has 1 aromatic carbocycles. The molecule has 0 aliphatic carbocycles. The van der Waals surface area contributed by atoms with Gasteiger partial charge in [0, 0.05) is 5.69 Å². The Kier molecular flexibility index (Phi) is 3.88. The van der Waals surface area contributed by atoms with Crippen LogP contribution in [0.1, 0.15) is 36.7 Å². The molecule has 0 aromatic heterocycles. The van der Waals surface area contributed by atoms with Crippen molar-refractivity contribution in [1.29, 1.82) is 0 Å². The van der Waals surface area contributed by atoms with E-state index in [1.54, 1.807) is 20.8 Å². The molecular weight excluding hydrogens is 258 g/mol. The summed E-state index contributed by atoms with van der Waals surface area (Å²) in [5, 5.41) is 0. The normalized spacial score (nSPS) is 12.4. The quantitative estimate of drug-likeness (QED) is 0.512. The SMILES string of the molecule is Cc1c(N)cc(C(=O)OC(C)(C)C)cc1[B-](F)(F)F. The molecule has 0 amide bonds. The lowest BCUT2D eigenvalue weighted by atomic mass is 9.76. The number of nitrogen functional groups attached to an aromatic ring is 1. The number of halogens is 3. The van der Waals surface area contributed by atoms with Gasteiger partial charge in [0.15, 0.2) is 0 Å². The Morgan fingerprint density at radius 2 is 1.79 bits per heavy atom. The molecule has 0 aliphatic heterocycles. The van der Waals surface area contributed by atoms with Gasteiger partial charge in [-0.05, 0) is 33.8 Å². The minimum absolute atomic E-state index is 0.0696. The fourth-order valence-electron chi connectivity index (χ4n) is 1.55. The van der Waals surface area contributed by atoms with Crippen LogP contribution >= 0.6 is 0 Å². The summed E-state index contributed by atoms with van der Waals surface area (Å²) in [4.78, 5) is 11.8. The van der Waals surface area contributed by atoms with Gasteiger partial charge in [-0.1, -0.05) is 11.6 Å². The third-order valence-electron chi connectivity index (χ3n) is 2.48. The number of hydrogen-bond donors (Lipinski definition) is 1. The van der Waals surface area contributed by atoms with Crippen LogP contribution in [0.5, 0.6) is 0 Å². The van der Waals surface area contributed by atoms with E-state index in [4.69, 9.17) is 10.5 Å². The van der Waals surface area contributed by atoms with Crippen LogP contribution in [0.25, 0.3) is 0 Å². The largest absolute Gasteiger partial charge is 0.509 e. The van der Waals surface area contributed by atoms with E-state index >= 15 is 0 Å². The molecule has 1 aromatic rings. The molecule has 0 saturated carbocycles. The highest BCUT2D eigenvalue weighted by Crippen LogP contribution is 2.20. The number of benzene rings is 1. The molecule has 0 heterocycles. The zero-order chi connectivity index (χ0) is 15.0. The Bertz CT molecular complexity index is 507. The zero-order valence-corrected chi connectivity index (χ0v) is 11.3. The fraction of sp³-hybridized carbons (Fsp3) is 0.417. The average Bonchev–Trinajstić information content (AvgIpc) is 2.17. The molecule has 7 heteroatoms. The Morgan fingerprint density at radius 1 is 1.26 bits per heavy atom. The van der Waals surface area contributed by atoms with Crippen LogP contribution in [0.3, 0.4) is 0 Å². The molecule has 3 nitrogen and oxygen atoms in total. The first kappa shape index (κ1) is 15.4. The number of nitrogens with two attached hydrogens (primary N) is 1. The van der Waals surface area contributed by atoms with E-state index in [1.807, 2.05) is 0 Å². The molecule has 0 bridgehead atoms. The number of ether oxygens (including phenoxy) is 1. The highest BCUT2D eigenvalue weighted by Gasteiger charge is 2.30. The molecule has 0 atom stereocenters. The van der Waals surface area contributed by atoms with Gasteiger partial charge in [-0.25, -0.2) is 4.79 Å². The van der Waals surface area contributed by atoms with Crippen molar-refractivity contribution >= 4 is 24.1 Å². The van der Waals surface area contributed by atoms with Crippen LogP contribution in [0.2, 0.25) is 0 Å². The molecule has 0 unspecified atom stereocenters. The molecule has 2 N–H and O–H groups in total. The van der Waals surface area contributed by atoms with Gasteiger partial charge in [-0.15, -0.1) is 5.46 Å². The molecule has 106 valence electrons. The van der Waals surface area contributed by atoms with Crippen molar-refractivity contribution in [3.05, 3.63) is 23.3 Å². The summed E-state index contributed by atoms with van der Waals surface area (Å²) in [6.45, 7) is 0.962. The Morgan fingerprint density at radius 3 is 2.21 bits per heavy atom. The van der Waals surface area contributed by atoms with E-state index < -0.39 is 24.0 Å². The summed E-state index contributed by atoms with van der Waals surface area (Å²) >= 11 is 0. The summed E-state index contributed by atoms with van der Waals surface area (Å²) < 4.78 is 43.6. The number of hydrogen-bond acceptors (Lipinski definition) is 3. The van der Waals surface area contributed by atoms with Gasteiger partial charge in [0.1, 0.15) is 5.60 Å². The van der Waals surface area contributed by atoms with Crippen LogP contribution in [0.15, 0.2) is 12.1 Å². The summed E-state index contributed by atoms with van der Waals surface area (Å²) in [5.41, 5.74) is 3.56. The zero-order valence-electron chi connectivity index (χ0n) is 11.3. The maximum Gasteiger partial charge on any atom is 0.509 e. The van der Waals surface area contributed by atoms with Gasteiger partial charge >= 0.3 is 12.9 Å². The lowest BCUT2D eigenvalue weighted by molar-refractivity contribution is 0.00697. The fourth-order valence-corrected chi connectivity index (χ4v) is 1.55. The number of carbonyl (C=O) groups excluding carboxylic acids is 1. The van der Waals surface area contributed by atoms with Gasteiger partial charge in [0.2, 0.25) is 0 Å². The van der Waals surface area contributed by atoms with Gasteiger partial charge in [0.25, 0.3) is 0 Å². The predicted molar refractivity (Wildman–Crippen MR) is 69.5 cm³/mol. The van der Waals surface area contributed by atoms with Gasteiger partial charge in [-0.2, -0.15) is 0 Å². The summed E-state index contributed by atoms with van der Waals surface area (Å²) in [6, 6.07) is 1.99. The van der Waals surface area contributed by atoms with E-state index in [-0.39, 0.29) is 16.8 Å². The van der Waals surface area contributed by atoms with E-state index in [2.05, 4.69) is 0 Å². The van der Waals surface area contributed by atoms with E-state index in [9.17, 15) is 17.7 Å². The number of esters is 1. The molecule has 1 rings (SSSR count). The maximum atomic E-state index is 12.9. The van der Waals surface area contributed by atoms with Crippen molar-refractivity contribution in [2.24, 2.45) is 0 Å². The van der Waals surface area contributed by atoms with Crippen LogP contribution in [0.4, 0.5) is 18.6 Å². The molecule has 0 fully saturated rings. The molecule has 0 aliphatic rings. The van der Waals surface area contributed by atoms with Crippen molar-refractivity contribution in [2.45, 2.75) is 33.3 Å². The second-order valence-corrected chi connectivity index (χ2v) is 5.36. The van der Waals surface area contributed by atoms with Gasteiger partial charge in [0.05, 0.1) is 5.56 Å². The lowest BCUT2D eigenvalue weighted by Gasteiger charge is -2.23. The number of rotatable bonds is 2. The van der Waals surface area contributed by atoms with Crippen molar-refractivity contribution in [1.82, 2.24) is 0 Å². The topological polar surface area (TPSA) is 52.3 Å². The number of anilines is 1. The van der Waals surface area contributed by atoms with Gasteiger partial charge < -0.3 is 23.4 Å². The van der Waals surface area contributed by atoms with Crippen LogP contribution in [-0.4, -0.2) is 18.5 Å². The average molecular weight is 274 g/mol. The third kappa shape index (κ3) is 3.91. The highest BCUT2D eigenvalue weighted by molar-refractivity contribution is 6.74. The first-order valence-corrected chi connectivity index (χ1v) is 5.75. The van der Waals surface area contributed by atoms with E-state index in [0.29, 0.717) is 0 Å². The predicted octanol–water partition coefficient (Wildman–Crippen LogP) is 2.59. The molecule has 0 saturated heterocycles. The molecular formula is C12H16BF3NO2-. The minimum Gasteiger partial charge on any atom is -0.456 e. The standard InChI is InChI=1S/C12H16BF3NO2/c1-7-9(13(14,15)16)5-8(6-10(7)17)11(18)19-12(2,3)4/h5-6H,17H2,1-4H3/q-1. The van der Waals surface area contributed by atoms with Crippen LogP contribution < -0.4 is 11.2 Å². The Balaban J connectivity index is 3.25. The third-order valence-corrected chi connectivity index (χ3v) is 2.48. The highest BCUT2D eigenvalue weighted by atomic mass is 19.4. The second kappa shape index (κ2) is 4.79. The van der Waals surface area contributed by atoms with Crippen molar-refractivity contribution in [3.63, 3.8) is 0 Å². The van der Waals surface area contributed by atoms with Crippen LogP contribution in [0, 0.1) is 6.92 Å². The summed E-state index contributed by atoms with van der Waals surface area (Å²) in [7, 11) is 0. The summed E-state index contributed by atoms with van der Waals surface area (Å²) in [5.74, 6) is -0.819. The Labute approximate surface area is 110 Å². The van der Waals surface area contributed by atoms with Gasteiger partial charge in [-0.3, -0.25) is 0 Å². The molecule has 0 radical (unpaired) electrons. The lowest BCUT2D eigenvalue weighted by Crippen LogP contribution is -2.37.